The van der Waals surface area contributed by atoms with E-state index in [0.717, 1.165) is 0 Å². The SMILES string of the molecule is CCOP(=O)(OCC)C(NC(=O)C(C)Oc1ccc(Oc2nc(OC)cc(OC)n2)cc1)c1ccccc1Cl. The van der Waals surface area contributed by atoms with Gasteiger partial charge in [-0.2, -0.15) is 9.97 Å². The van der Waals surface area contributed by atoms with Crippen LogP contribution in [0.5, 0.6) is 29.3 Å². The van der Waals surface area contributed by atoms with Crippen LogP contribution >= 0.6 is 19.2 Å². The summed E-state index contributed by atoms with van der Waals surface area (Å²) in [5.41, 5.74) is 0.405. The molecule has 39 heavy (non-hydrogen) atoms. The molecule has 1 N–H and O–H groups in total. The van der Waals surface area contributed by atoms with Crippen molar-refractivity contribution >= 4 is 25.1 Å². The fourth-order valence-corrected chi connectivity index (χ4v) is 5.67. The van der Waals surface area contributed by atoms with Crippen molar-refractivity contribution in [2.75, 3.05) is 27.4 Å². The zero-order valence-corrected chi connectivity index (χ0v) is 23.9. The number of hydrogen-bond acceptors (Lipinski definition) is 10. The van der Waals surface area contributed by atoms with Crippen molar-refractivity contribution in [2.24, 2.45) is 0 Å². The molecule has 0 spiro atoms. The Kier molecular flexibility index (Phi) is 10.9. The summed E-state index contributed by atoms with van der Waals surface area (Å²) < 4.78 is 46.4. The largest absolute Gasteiger partial charge is 0.481 e. The molecule has 13 heteroatoms. The Labute approximate surface area is 232 Å². The van der Waals surface area contributed by atoms with Gasteiger partial charge in [-0.15, -0.1) is 0 Å². The van der Waals surface area contributed by atoms with Crippen LogP contribution in [0.2, 0.25) is 5.02 Å². The fraction of sp³-hybridized carbons (Fsp3) is 0.346. The summed E-state index contributed by atoms with van der Waals surface area (Å²) in [6.45, 7) is 5.16. The lowest BCUT2D eigenvalue weighted by atomic mass is 10.2. The molecule has 0 bridgehead atoms. The summed E-state index contributed by atoms with van der Waals surface area (Å²) in [4.78, 5) is 21.4. The molecule has 2 aromatic carbocycles. The monoisotopic (exact) mass is 579 g/mol. The molecule has 0 fully saturated rings. The molecule has 3 aromatic rings. The van der Waals surface area contributed by atoms with Crippen LogP contribution in [0, 0.1) is 0 Å². The molecule has 2 atom stereocenters. The molecule has 1 aromatic heterocycles. The highest BCUT2D eigenvalue weighted by Gasteiger charge is 2.40. The number of benzene rings is 2. The predicted molar refractivity (Wildman–Crippen MR) is 145 cm³/mol. The van der Waals surface area contributed by atoms with Gasteiger partial charge in [-0.1, -0.05) is 29.8 Å². The average molecular weight is 580 g/mol. The zero-order valence-electron chi connectivity index (χ0n) is 22.3. The van der Waals surface area contributed by atoms with Gasteiger partial charge in [0.05, 0.1) is 33.5 Å². The standard InChI is InChI=1S/C26H31ClN3O8P/c1-6-35-39(32,36-7-2)25(20-10-8-9-11-21(20)27)30-24(31)17(3)37-18-12-14-19(15-13-18)38-26-28-22(33-4)16-23(29-26)34-5/h8-17,25H,6-7H2,1-5H3,(H,30,31). The van der Waals surface area contributed by atoms with Gasteiger partial charge in [0.15, 0.2) is 11.9 Å². The molecule has 2 unspecified atom stereocenters. The number of ether oxygens (including phenoxy) is 4. The van der Waals surface area contributed by atoms with Gasteiger partial charge in [0.2, 0.25) is 11.8 Å². The van der Waals surface area contributed by atoms with Crippen LogP contribution in [0.15, 0.2) is 54.6 Å². The van der Waals surface area contributed by atoms with Crippen molar-refractivity contribution in [1.82, 2.24) is 15.3 Å². The van der Waals surface area contributed by atoms with E-state index in [1.807, 2.05) is 0 Å². The lowest BCUT2D eigenvalue weighted by molar-refractivity contribution is -0.127. The van der Waals surface area contributed by atoms with Crippen molar-refractivity contribution in [3.63, 3.8) is 0 Å². The zero-order chi connectivity index (χ0) is 28.4. The molecule has 0 aliphatic rings. The van der Waals surface area contributed by atoms with Gasteiger partial charge < -0.3 is 33.3 Å². The van der Waals surface area contributed by atoms with Crippen LogP contribution < -0.4 is 24.3 Å². The number of carbonyl (C=O) groups is 1. The van der Waals surface area contributed by atoms with Crippen molar-refractivity contribution in [1.29, 1.82) is 0 Å². The quantitative estimate of drug-likeness (QED) is 0.234. The van der Waals surface area contributed by atoms with E-state index in [9.17, 15) is 9.36 Å². The predicted octanol–water partition coefficient (Wildman–Crippen LogP) is 5.79. The highest BCUT2D eigenvalue weighted by molar-refractivity contribution is 7.54. The fourth-order valence-electron chi connectivity index (χ4n) is 3.41. The van der Waals surface area contributed by atoms with E-state index in [1.54, 1.807) is 69.3 Å². The minimum absolute atomic E-state index is 0.0336. The Morgan fingerprint density at radius 1 is 0.949 bits per heavy atom. The molecule has 0 saturated carbocycles. The average Bonchev–Trinajstić information content (AvgIpc) is 2.93. The number of aromatic nitrogens is 2. The first-order valence-electron chi connectivity index (χ1n) is 12.1. The van der Waals surface area contributed by atoms with Crippen molar-refractivity contribution in [2.45, 2.75) is 32.7 Å². The number of nitrogens with one attached hydrogen (secondary N) is 1. The van der Waals surface area contributed by atoms with Crippen molar-refractivity contribution in [3.8, 4) is 29.3 Å². The van der Waals surface area contributed by atoms with Gasteiger partial charge in [0.25, 0.3) is 5.91 Å². The maximum atomic E-state index is 13.7. The molecule has 1 amide bonds. The number of nitrogens with zero attached hydrogens (tertiary/aromatic N) is 2. The second kappa shape index (κ2) is 14.1. The smallest absolute Gasteiger partial charge is 0.357 e. The summed E-state index contributed by atoms with van der Waals surface area (Å²) in [5, 5.41) is 3.05. The lowest BCUT2D eigenvalue weighted by Gasteiger charge is -2.29. The molecule has 11 nitrogen and oxygen atoms in total. The number of amides is 1. The summed E-state index contributed by atoms with van der Waals surface area (Å²) >= 11 is 6.38. The molecule has 3 rings (SSSR count). The van der Waals surface area contributed by atoms with Gasteiger partial charge in [-0.25, -0.2) is 0 Å². The number of carbonyl (C=O) groups excluding carboxylic acids is 1. The Hall–Kier alpha value is -3.37. The molecule has 210 valence electrons. The number of rotatable bonds is 14. The maximum Gasteiger partial charge on any atom is 0.357 e. The molecular weight excluding hydrogens is 549 g/mol. The van der Waals surface area contributed by atoms with Gasteiger partial charge in [0.1, 0.15) is 11.5 Å². The first-order valence-corrected chi connectivity index (χ1v) is 14.1. The van der Waals surface area contributed by atoms with E-state index >= 15 is 0 Å². The first-order chi connectivity index (χ1) is 18.7. The van der Waals surface area contributed by atoms with Crippen LogP contribution in [0.4, 0.5) is 0 Å². The third-order valence-electron chi connectivity index (χ3n) is 5.20. The Morgan fingerprint density at radius 2 is 1.51 bits per heavy atom. The van der Waals surface area contributed by atoms with Crippen LogP contribution in [0.25, 0.3) is 0 Å². The number of hydrogen-bond donors (Lipinski definition) is 1. The normalized spacial score (nSPS) is 12.8. The topological polar surface area (TPSA) is 127 Å². The Morgan fingerprint density at radius 3 is 2.05 bits per heavy atom. The van der Waals surface area contributed by atoms with E-state index in [0.29, 0.717) is 22.1 Å². The third kappa shape index (κ3) is 8.06. The second-order valence-corrected chi connectivity index (χ2v) is 10.4. The second-order valence-electron chi connectivity index (χ2n) is 7.88. The van der Waals surface area contributed by atoms with Crippen LogP contribution in [0.3, 0.4) is 0 Å². The highest BCUT2D eigenvalue weighted by atomic mass is 35.5. The summed E-state index contributed by atoms with van der Waals surface area (Å²) in [7, 11) is -0.884. The van der Waals surface area contributed by atoms with E-state index in [-0.39, 0.29) is 31.0 Å². The van der Waals surface area contributed by atoms with Crippen LogP contribution in [0.1, 0.15) is 32.1 Å². The Balaban J connectivity index is 1.73. The van der Waals surface area contributed by atoms with Crippen molar-refractivity contribution < 1.29 is 37.4 Å². The summed E-state index contributed by atoms with van der Waals surface area (Å²) in [6, 6.07) is 14.8. The maximum absolute atomic E-state index is 13.7. The number of halogens is 1. The van der Waals surface area contributed by atoms with Crippen LogP contribution in [-0.2, 0) is 18.4 Å². The van der Waals surface area contributed by atoms with E-state index in [1.165, 1.54) is 20.3 Å². The minimum Gasteiger partial charge on any atom is -0.481 e. The van der Waals surface area contributed by atoms with E-state index in [4.69, 9.17) is 39.6 Å². The van der Waals surface area contributed by atoms with Gasteiger partial charge in [0, 0.05) is 10.6 Å². The molecular formula is C26H31ClN3O8P. The van der Waals surface area contributed by atoms with Gasteiger partial charge in [-0.3, -0.25) is 9.36 Å². The van der Waals surface area contributed by atoms with Gasteiger partial charge in [-0.05, 0) is 51.1 Å². The molecule has 0 aliphatic heterocycles. The highest BCUT2D eigenvalue weighted by Crippen LogP contribution is 2.60. The van der Waals surface area contributed by atoms with E-state index < -0.39 is 25.4 Å². The summed E-state index contributed by atoms with van der Waals surface area (Å²) in [6.07, 6.45) is -0.968. The minimum atomic E-state index is -3.82. The summed E-state index contributed by atoms with van der Waals surface area (Å²) in [5.74, 6) is -0.309. The first kappa shape index (κ1) is 30.2. The van der Waals surface area contributed by atoms with Crippen LogP contribution in [-0.4, -0.2) is 49.4 Å². The molecule has 0 aliphatic carbocycles. The van der Waals surface area contributed by atoms with Crippen molar-refractivity contribution in [3.05, 3.63) is 65.2 Å². The molecule has 0 radical (unpaired) electrons. The Bertz CT molecular complexity index is 1260. The number of methoxy groups -OCH3 is 2. The molecule has 1 heterocycles. The third-order valence-corrected chi connectivity index (χ3v) is 7.83. The van der Waals surface area contributed by atoms with E-state index in [2.05, 4.69) is 15.3 Å². The van der Waals surface area contributed by atoms with Gasteiger partial charge >= 0.3 is 13.6 Å². The lowest BCUT2D eigenvalue weighted by Crippen LogP contribution is -2.39. The molecule has 0 saturated heterocycles.